The highest BCUT2D eigenvalue weighted by Crippen LogP contribution is 2.30. The minimum atomic E-state index is -0.493. The summed E-state index contributed by atoms with van der Waals surface area (Å²) in [5.74, 6) is 0. The Labute approximate surface area is 150 Å². The number of nitro groups is 1. The lowest BCUT2D eigenvalue weighted by molar-refractivity contribution is -0.384. The highest BCUT2D eigenvalue weighted by atomic mass is 16.6. The van der Waals surface area contributed by atoms with Crippen molar-refractivity contribution in [2.45, 2.75) is 20.8 Å². The molecule has 0 amide bonds. The van der Waals surface area contributed by atoms with E-state index in [1.54, 1.807) is 12.1 Å². The molecule has 0 N–H and O–H groups in total. The molecule has 0 saturated heterocycles. The minimum absolute atomic E-state index is 0.0571. The maximum atomic E-state index is 12.6. The van der Waals surface area contributed by atoms with Gasteiger partial charge in [-0.25, -0.2) is 4.79 Å². The fraction of sp³-hybridized carbons (Fsp3) is 0.250. The third-order valence-corrected chi connectivity index (χ3v) is 4.63. The van der Waals surface area contributed by atoms with Crippen molar-refractivity contribution in [3.8, 4) is 11.1 Å². The number of hydrogen-bond acceptors (Lipinski definition) is 5. The lowest BCUT2D eigenvalue weighted by Gasteiger charge is -2.21. The van der Waals surface area contributed by atoms with Gasteiger partial charge in [-0.15, -0.1) is 0 Å². The maximum absolute atomic E-state index is 12.6. The molecule has 134 valence electrons. The Morgan fingerprint density at radius 1 is 1.12 bits per heavy atom. The molecule has 0 unspecified atom stereocenters. The quantitative estimate of drug-likeness (QED) is 0.383. The smallest absolute Gasteiger partial charge is 0.344 e. The van der Waals surface area contributed by atoms with Crippen molar-refractivity contribution in [2.24, 2.45) is 0 Å². The van der Waals surface area contributed by atoms with Crippen molar-refractivity contribution < 1.29 is 9.34 Å². The largest absolute Gasteiger partial charge is 0.422 e. The van der Waals surface area contributed by atoms with Crippen LogP contribution in [0.3, 0.4) is 0 Å². The average molecular weight is 352 g/mol. The van der Waals surface area contributed by atoms with E-state index in [-0.39, 0.29) is 5.69 Å². The summed E-state index contributed by atoms with van der Waals surface area (Å²) in [6.07, 6.45) is 0. The second-order valence-corrected chi connectivity index (χ2v) is 6.05. The Balaban J connectivity index is 2.20. The number of nitrogens with zero attached hydrogens (tertiary/aromatic N) is 2. The van der Waals surface area contributed by atoms with E-state index in [0.717, 1.165) is 29.7 Å². The first kappa shape index (κ1) is 17.7. The van der Waals surface area contributed by atoms with Gasteiger partial charge in [0.05, 0.1) is 10.5 Å². The number of hydrogen-bond donors (Lipinski definition) is 0. The summed E-state index contributed by atoms with van der Waals surface area (Å²) in [7, 11) is 0. The normalized spacial score (nSPS) is 10.9. The molecule has 0 saturated carbocycles. The second kappa shape index (κ2) is 7.00. The Bertz CT molecular complexity index is 1040. The molecule has 0 spiro atoms. The summed E-state index contributed by atoms with van der Waals surface area (Å²) in [4.78, 5) is 25.3. The van der Waals surface area contributed by atoms with Gasteiger partial charge in [-0.2, -0.15) is 0 Å². The molecule has 0 atom stereocenters. The van der Waals surface area contributed by atoms with E-state index in [9.17, 15) is 14.9 Å². The van der Waals surface area contributed by atoms with Gasteiger partial charge in [0, 0.05) is 42.4 Å². The number of fused-ring (bicyclic) bond motifs is 1. The van der Waals surface area contributed by atoms with Crippen LogP contribution in [0.25, 0.3) is 22.1 Å². The molecule has 0 bridgehead atoms. The average Bonchev–Trinajstić information content (AvgIpc) is 2.63. The SMILES string of the molecule is CCN(CC)c1ccc2c(C)c(-c3cccc([N+](=O)[O-])c3)c(=O)oc2c1. The summed E-state index contributed by atoms with van der Waals surface area (Å²) in [5, 5.41) is 11.8. The fourth-order valence-electron chi connectivity index (χ4n) is 3.24. The first-order valence-corrected chi connectivity index (χ1v) is 8.53. The summed E-state index contributed by atoms with van der Waals surface area (Å²) in [6, 6.07) is 11.9. The number of benzene rings is 2. The van der Waals surface area contributed by atoms with Crippen LogP contribution in [-0.4, -0.2) is 18.0 Å². The summed E-state index contributed by atoms with van der Waals surface area (Å²) >= 11 is 0. The van der Waals surface area contributed by atoms with Crippen molar-refractivity contribution in [3.05, 3.63) is 68.6 Å². The Hall–Kier alpha value is -3.15. The highest BCUT2D eigenvalue weighted by Gasteiger charge is 2.16. The topological polar surface area (TPSA) is 76.6 Å². The minimum Gasteiger partial charge on any atom is -0.422 e. The zero-order valence-corrected chi connectivity index (χ0v) is 15.0. The highest BCUT2D eigenvalue weighted by molar-refractivity contribution is 5.89. The fourth-order valence-corrected chi connectivity index (χ4v) is 3.24. The van der Waals surface area contributed by atoms with Gasteiger partial charge in [-0.1, -0.05) is 12.1 Å². The van der Waals surface area contributed by atoms with Crippen LogP contribution in [-0.2, 0) is 0 Å². The molecular weight excluding hydrogens is 332 g/mol. The van der Waals surface area contributed by atoms with Crippen LogP contribution in [0.15, 0.2) is 51.7 Å². The molecule has 1 aromatic heterocycles. The molecule has 3 rings (SSSR count). The number of nitro benzene ring substituents is 1. The summed E-state index contributed by atoms with van der Waals surface area (Å²) in [6.45, 7) is 7.69. The predicted molar refractivity (Wildman–Crippen MR) is 103 cm³/mol. The van der Waals surface area contributed by atoms with Gasteiger partial charge in [0.15, 0.2) is 0 Å². The molecular formula is C20H20N2O4. The standard InChI is InChI=1S/C20H20N2O4/c1-4-21(5-2)15-9-10-17-13(3)19(20(23)26-18(17)12-15)14-7-6-8-16(11-14)22(24)25/h6-12H,4-5H2,1-3H3. The molecule has 0 radical (unpaired) electrons. The summed E-state index contributed by atoms with van der Waals surface area (Å²) < 4.78 is 5.56. The first-order chi connectivity index (χ1) is 12.5. The molecule has 0 aliphatic carbocycles. The molecule has 0 fully saturated rings. The number of anilines is 1. The molecule has 0 aliphatic rings. The Kier molecular flexibility index (Phi) is 4.75. The van der Waals surface area contributed by atoms with E-state index in [0.29, 0.717) is 16.7 Å². The van der Waals surface area contributed by atoms with Crippen molar-refractivity contribution in [3.63, 3.8) is 0 Å². The monoisotopic (exact) mass is 352 g/mol. The van der Waals surface area contributed by atoms with E-state index in [2.05, 4.69) is 18.7 Å². The first-order valence-electron chi connectivity index (χ1n) is 8.53. The van der Waals surface area contributed by atoms with Gasteiger partial charge >= 0.3 is 5.63 Å². The zero-order valence-electron chi connectivity index (χ0n) is 15.0. The lowest BCUT2D eigenvalue weighted by Crippen LogP contribution is -2.21. The van der Waals surface area contributed by atoms with E-state index in [1.807, 2.05) is 25.1 Å². The van der Waals surface area contributed by atoms with Crippen molar-refractivity contribution in [1.82, 2.24) is 0 Å². The number of rotatable bonds is 5. The van der Waals surface area contributed by atoms with Gasteiger partial charge in [0.1, 0.15) is 5.58 Å². The van der Waals surface area contributed by atoms with Gasteiger partial charge in [0.2, 0.25) is 0 Å². The molecule has 1 heterocycles. The predicted octanol–water partition coefficient (Wildman–Crippen LogP) is 4.52. The molecule has 6 nitrogen and oxygen atoms in total. The van der Waals surface area contributed by atoms with Crippen LogP contribution in [0.5, 0.6) is 0 Å². The van der Waals surface area contributed by atoms with E-state index < -0.39 is 10.5 Å². The van der Waals surface area contributed by atoms with Crippen molar-refractivity contribution in [2.75, 3.05) is 18.0 Å². The van der Waals surface area contributed by atoms with Gasteiger partial charge < -0.3 is 9.32 Å². The summed E-state index contributed by atoms with van der Waals surface area (Å²) in [5.41, 5.74) is 2.56. The molecule has 6 heteroatoms. The third-order valence-electron chi connectivity index (χ3n) is 4.63. The van der Waals surface area contributed by atoms with Gasteiger partial charge in [-0.05, 0) is 44.0 Å². The van der Waals surface area contributed by atoms with Crippen LogP contribution in [0.1, 0.15) is 19.4 Å². The van der Waals surface area contributed by atoms with Crippen LogP contribution < -0.4 is 10.5 Å². The third kappa shape index (κ3) is 3.06. The number of non-ortho nitro benzene ring substituents is 1. The van der Waals surface area contributed by atoms with Crippen molar-refractivity contribution >= 4 is 22.3 Å². The van der Waals surface area contributed by atoms with Crippen LogP contribution in [0.4, 0.5) is 11.4 Å². The van der Waals surface area contributed by atoms with Gasteiger partial charge in [-0.3, -0.25) is 10.1 Å². The molecule has 3 aromatic rings. The Morgan fingerprint density at radius 2 is 1.85 bits per heavy atom. The molecule has 26 heavy (non-hydrogen) atoms. The van der Waals surface area contributed by atoms with Gasteiger partial charge in [0.25, 0.3) is 5.69 Å². The molecule has 0 aliphatic heterocycles. The Morgan fingerprint density at radius 3 is 2.50 bits per heavy atom. The van der Waals surface area contributed by atoms with Crippen LogP contribution >= 0.6 is 0 Å². The zero-order chi connectivity index (χ0) is 18.8. The van der Waals surface area contributed by atoms with E-state index in [4.69, 9.17) is 4.42 Å². The maximum Gasteiger partial charge on any atom is 0.344 e. The molecule has 2 aromatic carbocycles. The van der Waals surface area contributed by atoms with Crippen LogP contribution in [0, 0.1) is 17.0 Å². The van der Waals surface area contributed by atoms with Crippen LogP contribution in [0.2, 0.25) is 0 Å². The van der Waals surface area contributed by atoms with E-state index in [1.165, 1.54) is 12.1 Å². The van der Waals surface area contributed by atoms with E-state index >= 15 is 0 Å². The number of aryl methyl sites for hydroxylation is 1. The second-order valence-electron chi connectivity index (χ2n) is 6.05. The van der Waals surface area contributed by atoms with Crippen molar-refractivity contribution in [1.29, 1.82) is 0 Å². The lowest BCUT2D eigenvalue weighted by atomic mass is 9.99.